The number of amides is 1. The quantitative estimate of drug-likeness (QED) is 0.816. The maximum absolute atomic E-state index is 12.4. The van der Waals surface area contributed by atoms with Crippen LogP contribution in [0.2, 0.25) is 0 Å². The molecule has 0 bridgehead atoms. The molecule has 6 heteroatoms. The van der Waals surface area contributed by atoms with E-state index in [-0.39, 0.29) is 5.91 Å². The molecule has 1 aromatic carbocycles. The van der Waals surface area contributed by atoms with Crippen molar-refractivity contribution >= 4 is 5.91 Å². The highest BCUT2D eigenvalue weighted by molar-refractivity contribution is 5.76. The van der Waals surface area contributed by atoms with Crippen LogP contribution in [-0.2, 0) is 11.3 Å². The molecule has 2 aromatic rings. The van der Waals surface area contributed by atoms with Gasteiger partial charge in [-0.25, -0.2) is 4.98 Å². The van der Waals surface area contributed by atoms with Crippen molar-refractivity contribution in [1.82, 2.24) is 19.7 Å². The van der Waals surface area contributed by atoms with Gasteiger partial charge in [0.25, 0.3) is 0 Å². The Morgan fingerprint density at radius 2 is 2.17 bits per heavy atom. The molecule has 1 aromatic heterocycles. The fraction of sp³-hybridized carbons (Fsp3) is 0.500. The number of carbonyl (C=O) groups is 1. The zero-order valence-electron chi connectivity index (χ0n) is 14.1. The second-order valence-electron chi connectivity index (χ2n) is 6.38. The molecule has 1 unspecified atom stereocenters. The largest absolute Gasteiger partial charge is 0.493 e. The van der Waals surface area contributed by atoms with Gasteiger partial charge < -0.3 is 9.64 Å². The minimum Gasteiger partial charge on any atom is -0.493 e. The van der Waals surface area contributed by atoms with Crippen LogP contribution < -0.4 is 4.74 Å². The molecular formula is C18H24N4O2. The lowest BCUT2D eigenvalue weighted by Gasteiger charge is -2.32. The van der Waals surface area contributed by atoms with Crippen LogP contribution in [0, 0.1) is 12.8 Å². The summed E-state index contributed by atoms with van der Waals surface area (Å²) < 4.78 is 7.58. The van der Waals surface area contributed by atoms with Gasteiger partial charge in [-0.3, -0.25) is 9.48 Å². The van der Waals surface area contributed by atoms with Crippen molar-refractivity contribution in [3.8, 4) is 5.75 Å². The van der Waals surface area contributed by atoms with Crippen LogP contribution in [0.25, 0.3) is 0 Å². The summed E-state index contributed by atoms with van der Waals surface area (Å²) in [5, 5.41) is 4.03. The number of nitrogens with zero attached hydrogens (tertiary/aromatic N) is 4. The summed E-state index contributed by atoms with van der Waals surface area (Å²) in [5.74, 6) is 1.48. The molecule has 24 heavy (non-hydrogen) atoms. The predicted octanol–water partition coefficient (Wildman–Crippen LogP) is 2.29. The van der Waals surface area contributed by atoms with Gasteiger partial charge in [0.1, 0.15) is 18.4 Å². The molecule has 1 aliphatic heterocycles. The van der Waals surface area contributed by atoms with Crippen molar-refractivity contribution in [3.05, 3.63) is 42.5 Å². The smallest absolute Gasteiger partial charge is 0.224 e. The molecule has 0 aliphatic carbocycles. The van der Waals surface area contributed by atoms with Crippen LogP contribution in [-0.4, -0.2) is 45.3 Å². The molecule has 6 nitrogen and oxygen atoms in total. The second kappa shape index (κ2) is 7.95. The molecule has 1 amide bonds. The lowest BCUT2D eigenvalue weighted by molar-refractivity contribution is -0.133. The first kappa shape index (κ1) is 16.5. The van der Waals surface area contributed by atoms with Crippen molar-refractivity contribution in [3.63, 3.8) is 0 Å². The van der Waals surface area contributed by atoms with E-state index in [0.717, 1.165) is 31.7 Å². The van der Waals surface area contributed by atoms with E-state index in [4.69, 9.17) is 4.74 Å². The third kappa shape index (κ3) is 4.57. The molecule has 128 valence electrons. The summed E-state index contributed by atoms with van der Waals surface area (Å²) in [5.41, 5.74) is 1.23. The molecule has 2 heterocycles. The number of likely N-dealkylation sites (tertiary alicyclic amines) is 1. The summed E-state index contributed by atoms with van der Waals surface area (Å²) >= 11 is 0. The van der Waals surface area contributed by atoms with E-state index in [9.17, 15) is 4.79 Å². The van der Waals surface area contributed by atoms with Crippen molar-refractivity contribution in [2.24, 2.45) is 5.92 Å². The van der Waals surface area contributed by atoms with Crippen molar-refractivity contribution < 1.29 is 9.53 Å². The SMILES string of the molecule is Cc1ccc(OCC2CCCN(C(=O)CCn3cncn3)C2)cc1. The van der Waals surface area contributed by atoms with Crippen LogP contribution in [0.3, 0.4) is 0 Å². The number of benzene rings is 1. The lowest BCUT2D eigenvalue weighted by Crippen LogP contribution is -2.41. The number of piperidine rings is 1. The monoisotopic (exact) mass is 328 g/mol. The van der Waals surface area contributed by atoms with E-state index >= 15 is 0 Å². The maximum Gasteiger partial charge on any atom is 0.224 e. The topological polar surface area (TPSA) is 60.2 Å². The van der Waals surface area contributed by atoms with E-state index in [0.29, 0.717) is 25.5 Å². The number of hydrogen-bond acceptors (Lipinski definition) is 4. The average Bonchev–Trinajstić information content (AvgIpc) is 3.13. The Labute approximate surface area is 142 Å². The van der Waals surface area contributed by atoms with E-state index in [1.807, 2.05) is 17.0 Å². The molecule has 1 aliphatic rings. The fourth-order valence-corrected chi connectivity index (χ4v) is 2.99. The third-order valence-electron chi connectivity index (χ3n) is 4.40. The number of hydrogen-bond donors (Lipinski definition) is 0. The number of aromatic nitrogens is 3. The molecule has 1 fully saturated rings. The van der Waals surface area contributed by atoms with Crippen molar-refractivity contribution in [1.29, 1.82) is 0 Å². The molecule has 0 radical (unpaired) electrons. The van der Waals surface area contributed by atoms with Gasteiger partial charge in [-0.1, -0.05) is 17.7 Å². The molecule has 0 N–H and O–H groups in total. The van der Waals surface area contributed by atoms with E-state index in [1.54, 1.807) is 11.0 Å². The van der Waals surface area contributed by atoms with E-state index in [1.165, 1.54) is 11.9 Å². The van der Waals surface area contributed by atoms with Crippen LogP contribution in [0.5, 0.6) is 5.75 Å². The summed E-state index contributed by atoms with van der Waals surface area (Å²) in [4.78, 5) is 18.2. The number of carbonyl (C=O) groups excluding carboxylic acids is 1. The van der Waals surface area contributed by atoms with Crippen LogP contribution in [0.4, 0.5) is 0 Å². The number of rotatable bonds is 6. The molecule has 1 atom stereocenters. The highest BCUT2D eigenvalue weighted by atomic mass is 16.5. The summed E-state index contributed by atoms with van der Waals surface area (Å²) in [6, 6.07) is 8.10. The van der Waals surface area contributed by atoms with Crippen LogP contribution in [0.15, 0.2) is 36.9 Å². The Bertz CT molecular complexity index is 640. The van der Waals surface area contributed by atoms with Gasteiger partial charge in [0.2, 0.25) is 5.91 Å². The van der Waals surface area contributed by atoms with Crippen molar-refractivity contribution in [2.75, 3.05) is 19.7 Å². The third-order valence-corrected chi connectivity index (χ3v) is 4.40. The Morgan fingerprint density at radius 3 is 2.92 bits per heavy atom. The molecule has 0 spiro atoms. The Morgan fingerprint density at radius 1 is 1.33 bits per heavy atom. The minimum absolute atomic E-state index is 0.186. The average molecular weight is 328 g/mol. The Balaban J connectivity index is 1.45. The zero-order valence-corrected chi connectivity index (χ0v) is 14.1. The molecular weight excluding hydrogens is 304 g/mol. The first-order valence-corrected chi connectivity index (χ1v) is 8.50. The zero-order chi connectivity index (χ0) is 16.8. The molecule has 1 saturated heterocycles. The fourth-order valence-electron chi connectivity index (χ4n) is 2.99. The van der Waals surface area contributed by atoms with Gasteiger partial charge >= 0.3 is 0 Å². The highest BCUT2D eigenvalue weighted by Gasteiger charge is 2.24. The van der Waals surface area contributed by atoms with Gasteiger partial charge in [0, 0.05) is 25.4 Å². The summed E-state index contributed by atoms with van der Waals surface area (Å²) in [6.07, 6.45) is 5.75. The highest BCUT2D eigenvalue weighted by Crippen LogP contribution is 2.20. The van der Waals surface area contributed by atoms with Gasteiger partial charge in [-0.15, -0.1) is 0 Å². The predicted molar refractivity (Wildman–Crippen MR) is 90.6 cm³/mol. The number of ether oxygens (including phenoxy) is 1. The standard InChI is InChI=1S/C18H24N4O2/c1-15-4-6-17(7-5-15)24-12-16-3-2-9-21(11-16)18(23)8-10-22-14-19-13-20-22/h4-7,13-14,16H,2-3,8-12H2,1H3. The first-order valence-electron chi connectivity index (χ1n) is 8.50. The van der Waals surface area contributed by atoms with Gasteiger partial charge in [-0.05, 0) is 31.9 Å². The van der Waals surface area contributed by atoms with Crippen molar-refractivity contribution in [2.45, 2.75) is 32.7 Å². The van der Waals surface area contributed by atoms with E-state index in [2.05, 4.69) is 29.1 Å². The maximum atomic E-state index is 12.4. The normalized spacial score (nSPS) is 17.7. The second-order valence-corrected chi connectivity index (χ2v) is 6.38. The lowest BCUT2D eigenvalue weighted by atomic mass is 9.98. The summed E-state index contributed by atoms with van der Waals surface area (Å²) in [6.45, 7) is 4.93. The van der Waals surface area contributed by atoms with Crippen LogP contribution >= 0.6 is 0 Å². The minimum atomic E-state index is 0.186. The van der Waals surface area contributed by atoms with Gasteiger partial charge in [-0.2, -0.15) is 5.10 Å². The van der Waals surface area contributed by atoms with Gasteiger partial charge in [0.15, 0.2) is 0 Å². The van der Waals surface area contributed by atoms with Gasteiger partial charge in [0.05, 0.1) is 13.2 Å². The Kier molecular flexibility index (Phi) is 5.46. The summed E-state index contributed by atoms with van der Waals surface area (Å²) in [7, 11) is 0. The Hall–Kier alpha value is -2.37. The molecule has 0 saturated carbocycles. The molecule has 3 rings (SSSR count). The number of aryl methyl sites for hydroxylation is 2. The van der Waals surface area contributed by atoms with E-state index < -0.39 is 0 Å². The first-order chi connectivity index (χ1) is 11.7. The van der Waals surface area contributed by atoms with Crippen LogP contribution in [0.1, 0.15) is 24.8 Å².